The third-order valence-corrected chi connectivity index (χ3v) is 16.7. The molecule has 0 atom stereocenters. The minimum absolute atomic E-state index is 1.03. The van der Waals surface area contributed by atoms with Crippen LogP contribution in [0.4, 0.5) is 0 Å². The van der Waals surface area contributed by atoms with E-state index in [0.29, 0.717) is 0 Å². The van der Waals surface area contributed by atoms with E-state index in [-0.39, 0.29) is 0 Å². The van der Waals surface area contributed by atoms with Crippen LogP contribution in [-0.2, 0) is 3.07 Å². The summed E-state index contributed by atoms with van der Waals surface area (Å²) >= 11 is -2.19. The van der Waals surface area contributed by atoms with E-state index in [2.05, 4.69) is 27.7 Å². The van der Waals surface area contributed by atoms with Crippen molar-refractivity contribution in [1.82, 2.24) is 0 Å². The van der Waals surface area contributed by atoms with Gasteiger partial charge in [-0.1, -0.05) is 0 Å². The van der Waals surface area contributed by atoms with Gasteiger partial charge in [0.2, 0.25) is 0 Å². The molecule has 0 radical (unpaired) electrons. The summed E-state index contributed by atoms with van der Waals surface area (Å²) in [6.07, 6.45) is 9.45. The van der Waals surface area contributed by atoms with E-state index >= 15 is 0 Å². The molecule has 2 heteroatoms. The molecule has 0 amide bonds. The van der Waals surface area contributed by atoms with Crippen LogP contribution in [0.3, 0.4) is 0 Å². The molecule has 0 aromatic carbocycles. The summed E-state index contributed by atoms with van der Waals surface area (Å²) in [5.74, 6) is 0. The van der Waals surface area contributed by atoms with E-state index in [1.165, 1.54) is 58.3 Å². The summed E-state index contributed by atoms with van der Waals surface area (Å²) in [6.45, 7) is 10.2. The van der Waals surface area contributed by atoms with E-state index in [1.54, 1.807) is 0 Å². The summed E-state index contributed by atoms with van der Waals surface area (Å²) in [4.78, 5) is 0. The predicted molar refractivity (Wildman–Crippen MR) is 81.1 cm³/mol. The molecule has 0 saturated carbocycles. The first kappa shape index (κ1) is 17.8. The molecule has 0 unspecified atom stereocenters. The van der Waals surface area contributed by atoms with Crippen molar-refractivity contribution in [2.24, 2.45) is 0 Å². The predicted octanol–water partition coefficient (Wildman–Crippen LogP) is 5.76. The number of hydrogen-bond acceptors (Lipinski definition) is 1. The molecule has 0 aromatic heterocycles. The maximum absolute atomic E-state index is 6.50. The summed E-state index contributed by atoms with van der Waals surface area (Å²) in [6, 6.07) is 0. The van der Waals surface area contributed by atoms with E-state index in [4.69, 9.17) is 3.07 Å². The van der Waals surface area contributed by atoms with Crippen LogP contribution >= 0.6 is 0 Å². The van der Waals surface area contributed by atoms with Gasteiger partial charge in [-0.2, -0.15) is 0 Å². The van der Waals surface area contributed by atoms with Crippen LogP contribution in [0, 0.1) is 0 Å². The second-order valence-electron chi connectivity index (χ2n) is 5.34. The first-order valence-electron chi connectivity index (χ1n) is 7.88. The quantitative estimate of drug-likeness (QED) is 0.407. The molecule has 104 valence electrons. The number of rotatable bonds is 12. The summed E-state index contributed by atoms with van der Waals surface area (Å²) < 4.78 is 10.9. The molecule has 0 rings (SSSR count). The molecule has 0 saturated heterocycles. The molecule has 17 heavy (non-hydrogen) atoms. The van der Waals surface area contributed by atoms with Gasteiger partial charge in [0.05, 0.1) is 0 Å². The average Bonchev–Trinajstić information content (AvgIpc) is 2.37. The molecule has 0 fully saturated rings. The standard InChI is InChI=1S/3C4H9.C3H7O.Sn/c3*1-3-4-2;1-2-3-4;/h3*1,3-4H2,2H3;2-3H2,1H3;/q;;;-1;+1. The molecule has 0 aliphatic heterocycles. The van der Waals surface area contributed by atoms with Gasteiger partial charge >= 0.3 is 114 Å². The normalized spacial score (nSPS) is 12.0. The van der Waals surface area contributed by atoms with Crippen molar-refractivity contribution in [3.63, 3.8) is 0 Å². The molecule has 0 spiro atoms. The average molecular weight is 349 g/mol. The Morgan fingerprint density at radius 1 is 0.647 bits per heavy atom. The molecular weight excluding hydrogens is 315 g/mol. The first-order valence-corrected chi connectivity index (χ1v) is 15.1. The van der Waals surface area contributed by atoms with Gasteiger partial charge in [-0.3, -0.25) is 0 Å². The topological polar surface area (TPSA) is 9.23 Å². The SMILES string of the molecule is CCC[CH2][Sn]([CH2]CCC)([CH2]CCC)[O]CCC. The Balaban J connectivity index is 4.39. The van der Waals surface area contributed by atoms with Gasteiger partial charge in [0.1, 0.15) is 0 Å². The van der Waals surface area contributed by atoms with Gasteiger partial charge in [-0.25, -0.2) is 0 Å². The van der Waals surface area contributed by atoms with E-state index in [1.807, 2.05) is 0 Å². The van der Waals surface area contributed by atoms with Gasteiger partial charge in [0, 0.05) is 0 Å². The van der Waals surface area contributed by atoms with E-state index < -0.39 is 18.8 Å². The number of hydrogen-bond donors (Lipinski definition) is 0. The van der Waals surface area contributed by atoms with Crippen LogP contribution in [0.2, 0.25) is 13.3 Å². The Morgan fingerprint density at radius 3 is 1.35 bits per heavy atom. The van der Waals surface area contributed by atoms with Crippen LogP contribution in [0.25, 0.3) is 0 Å². The van der Waals surface area contributed by atoms with Crippen molar-refractivity contribution in [1.29, 1.82) is 0 Å². The molecule has 0 N–H and O–H groups in total. The van der Waals surface area contributed by atoms with Gasteiger partial charge in [-0.15, -0.1) is 0 Å². The van der Waals surface area contributed by atoms with Gasteiger partial charge in [0.25, 0.3) is 0 Å². The Labute approximate surface area is 114 Å². The van der Waals surface area contributed by atoms with Crippen molar-refractivity contribution in [2.45, 2.75) is 86.0 Å². The van der Waals surface area contributed by atoms with Gasteiger partial charge < -0.3 is 0 Å². The van der Waals surface area contributed by atoms with Crippen LogP contribution in [-0.4, -0.2) is 25.4 Å². The maximum atomic E-state index is 6.50. The zero-order valence-electron chi connectivity index (χ0n) is 12.7. The third kappa shape index (κ3) is 8.47. The van der Waals surface area contributed by atoms with Gasteiger partial charge in [-0.05, 0) is 0 Å². The molecule has 0 aromatic rings. The van der Waals surface area contributed by atoms with Crippen LogP contribution in [0.15, 0.2) is 0 Å². The minimum atomic E-state index is -2.19. The third-order valence-electron chi connectivity index (χ3n) is 3.57. The summed E-state index contributed by atoms with van der Waals surface area (Å²) in [5.41, 5.74) is 0. The molecule has 0 heterocycles. The fourth-order valence-electron chi connectivity index (χ4n) is 2.41. The Bertz CT molecular complexity index is 121. The Kier molecular flexibility index (Phi) is 12.4. The molecule has 0 bridgehead atoms. The Morgan fingerprint density at radius 2 is 1.06 bits per heavy atom. The molecule has 1 nitrogen and oxygen atoms in total. The van der Waals surface area contributed by atoms with E-state index in [0.717, 1.165) is 6.61 Å². The summed E-state index contributed by atoms with van der Waals surface area (Å²) in [5, 5.41) is 0. The van der Waals surface area contributed by atoms with Crippen molar-refractivity contribution < 1.29 is 3.07 Å². The molecular formula is C15H34OSn. The van der Waals surface area contributed by atoms with Gasteiger partial charge in [0.15, 0.2) is 0 Å². The zero-order valence-corrected chi connectivity index (χ0v) is 15.5. The molecule has 0 aliphatic rings. The van der Waals surface area contributed by atoms with Crippen molar-refractivity contribution in [2.75, 3.05) is 6.61 Å². The second kappa shape index (κ2) is 11.8. The summed E-state index contributed by atoms with van der Waals surface area (Å²) in [7, 11) is 0. The zero-order chi connectivity index (χ0) is 13.0. The fraction of sp³-hybridized carbons (Fsp3) is 1.00. The Hall–Kier alpha value is 0.759. The van der Waals surface area contributed by atoms with Crippen LogP contribution in [0.1, 0.15) is 72.6 Å². The fourth-order valence-corrected chi connectivity index (χ4v) is 16.1. The first-order chi connectivity index (χ1) is 8.24. The van der Waals surface area contributed by atoms with Crippen molar-refractivity contribution in [3.8, 4) is 0 Å². The van der Waals surface area contributed by atoms with Crippen molar-refractivity contribution >= 4 is 18.8 Å². The van der Waals surface area contributed by atoms with Crippen LogP contribution in [0.5, 0.6) is 0 Å². The monoisotopic (exact) mass is 350 g/mol. The van der Waals surface area contributed by atoms with Crippen LogP contribution < -0.4 is 0 Å². The number of unbranched alkanes of at least 4 members (excludes halogenated alkanes) is 3. The molecule has 0 aliphatic carbocycles. The van der Waals surface area contributed by atoms with Crippen molar-refractivity contribution in [3.05, 3.63) is 0 Å². The second-order valence-corrected chi connectivity index (χ2v) is 17.2. The van der Waals surface area contributed by atoms with E-state index in [9.17, 15) is 0 Å².